The first-order valence-electron chi connectivity index (χ1n) is 5.10. The number of hydrogen-bond donors (Lipinski definition) is 0. The topological polar surface area (TPSA) is 26.3 Å². The molecule has 0 radical (unpaired) electrons. The molecule has 0 aliphatic carbocycles. The van der Waals surface area contributed by atoms with E-state index in [0.717, 1.165) is 17.7 Å². The van der Waals surface area contributed by atoms with Gasteiger partial charge in [-0.3, -0.25) is 4.79 Å². The third-order valence-corrected chi connectivity index (χ3v) is 2.37. The third kappa shape index (κ3) is 4.04. The Morgan fingerprint density at radius 2 is 2.00 bits per heavy atom. The maximum Gasteiger partial charge on any atom is 0.163 e. The fourth-order valence-corrected chi connectivity index (χ4v) is 1.55. The van der Waals surface area contributed by atoms with Crippen LogP contribution in [0.3, 0.4) is 0 Å². The van der Waals surface area contributed by atoms with Gasteiger partial charge >= 0.3 is 0 Å². The van der Waals surface area contributed by atoms with Crippen molar-refractivity contribution in [3.8, 4) is 5.75 Å². The number of carbonyl (C=O) groups is 1. The first-order valence-corrected chi connectivity index (χ1v) is 6.22. The van der Waals surface area contributed by atoms with Crippen LogP contribution >= 0.6 is 15.9 Å². The van der Waals surface area contributed by atoms with Gasteiger partial charge in [-0.2, -0.15) is 0 Å². The van der Waals surface area contributed by atoms with Crippen molar-refractivity contribution in [2.24, 2.45) is 0 Å². The molecule has 0 saturated carbocycles. The number of ketones is 1. The van der Waals surface area contributed by atoms with Crippen molar-refractivity contribution in [1.82, 2.24) is 0 Å². The molecule has 3 heteroatoms. The molecule has 0 spiro atoms. The molecule has 0 amide bonds. The van der Waals surface area contributed by atoms with Crippen LogP contribution < -0.4 is 4.74 Å². The number of rotatable bonds is 6. The van der Waals surface area contributed by atoms with Gasteiger partial charge in [0.1, 0.15) is 5.75 Å². The van der Waals surface area contributed by atoms with Crippen molar-refractivity contribution in [2.75, 3.05) is 11.9 Å². The number of Topliss-reactive ketones (excluding diaryl/α,β-unsaturated/α-hetero) is 1. The summed E-state index contributed by atoms with van der Waals surface area (Å²) in [5.41, 5.74) is 0.748. The predicted molar refractivity (Wildman–Crippen MR) is 65.0 cm³/mol. The van der Waals surface area contributed by atoms with Crippen LogP contribution in [-0.2, 0) is 0 Å². The summed E-state index contributed by atoms with van der Waals surface area (Å²) in [4.78, 5) is 11.5. The quantitative estimate of drug-likeness (QED) is 0.585. The van der Waals surface area contributed by atoms with E-state index in [9.17, 15) is 4.79 Å². The summed E-state index contributed by atoms with van der Waals surface area (Å²) in [6, 6.07) is 7.32. The molecule has 0 aromatic heterocycles. The van der Waals surface area contributed by atoms with Crippen molar-refractivity contribution in [2.45, 2.75) is 19.8 Å². The molecule has 0 aliphatic rings. The second-order valence-electron chi connectivity index (χ2n) is 3.23. The standard InChI is InChI=1S/C12H15BrO2/c1-2-9-15-11-5-3-10(4-6-11)12(14)7-8-13/h3-6H,2,7-9H2,1H3. The van der Waals surface area contributed by atoms with E-state index in [2.05, 4.69) is 22.9 Å². The lowest BCUT2D eigenvalue weighted by atomic mass is 10.1. The lowest BCUT2D eigenvalue weighted by molar-refractivity contribution is 0.0990. The summed E-state index contributed by atoms with van der Waals surface area (Å²) < 4.78 is 5.43. The van der Waals surface area contributed by atoms with Crippen LogP contribution in [0.4, 0.5) is 0 Å². The van der Waals surface area contributed by atoms with Gasteiger partial charge < -0.3 is 4.74 Å². The molecule has 82 valence electrons. The summed E-state index contributed by atoms with van der Waals surface area (Å²) in [6.45, 7) is 2.78. The van der Waals surface area contributed by atoms with Crippen molar-refractivity contribution in [3.63, 3.8) is 0 Å². The Kier molecular flexibility index (Phi) is 5.40. The maximum atomic E-state index is 11.5. The Labute approximate surface area is 98.8 Å². The minimum atomic E-state index is 0.161. The average molecular weight is 271 g/mol. The summed E-state index contributed by atoms with van der Waals surface area (Å²) in [5, 5.41) is 0.708. The molecule has 1 aromatic carbocycles. The highest BCUT2D eigenvalue weighted by Crippen LogP contribution is 2.13. The zero-order valence-corrected chi connectivity index (χ0v) is 10.4. The van der Waals surface area contributed by atoms with E-state index in [1.54, 1.807) is 0 Å². The third-order valence-electron chi connectivity index (χ3n) is 1.97. The van der Waals surface area contributed by atoms with E-state index in [0.29, 0.717) is 18.4 Å². The zero-order valence-electron chi connectivity index (χ0n) is 8.83. The Balaban J connectivity index is 2.59. The SMILES string of the molecule is CCCOc1ccc(C(=O)CCBr)cc1. The Bertz CT molecular complexity index is 306. The molecular formula is C12H15BrO2. The van der Waals surface area contributed by atoms with E-state index in [1.807, 2.05) is 24.3 Å². The zero-order chi connectivity index (χ0) is 11.1. The lowest BCUT2D eigenvalue weighted by Crippen LogP contribution is -2.00. The summed E-state index contributed by atoms with van der Waals surface area (Å²) in [6.07, 6.45) is 1.53. The number of benzene rings is 1. The van der Waals surface area contributed by atoms with Crippen LogP contribution in [0.2, 0.25) is 0 Å². The van der Waals surface area contributed by atoms with Gasteiger partial charge in [0.2, 0.25) is 0 Å². The first-order chi connectivity index (χ1) is 7.27. The van der Waals surface area contributed by atoms with Gasteiger partial charge in [0.15, 0.2) is 5.78 Å². The molecule has 1 rings (SSSR count). The highest BCUT2D eigenvalue weighted by Gasteiger charge is 2.04. The van der Waals surface area contributed by atoms with Crippen molar-refractivity contribution in [1.29, 1.82) is 0 Å². The molecule has 0 unspecified atom stereocenters. The maximum absolute atomic E-state index is 11.5. The van der Waals surface area contributed by atoms with E-state index in [4.69, 9.17) is 4.74 Å². The van der Waals surface area contributed by atoms with Crippen molar-refractivity contribution >= 4 is 21.7 Å². The van der Waals surface area contributed by atoms with Gasteiger partial charge in [0, 0.05) is 17.3 Å². The lowest BCUT2D eigenvalue weighted by Gasteiger charge is -2.04. The van der Waals surface area contributed by atoms with Crippen LogP contribution in [0.15, 0.2) is 24.3 Å². The molecular weight excluding hydrogens is 256 g/mol. The second kappa shape index (κ2) is 6.62. The van der Waals surface area contributed by atoms with E-state index < -0.39 is 0 Å². The van der Waals surface area contributed by atoms with Gasteiger partial charge in [0.25, 0.3) is 0 Å². The fourth-order valence-electron chi connectivity index (χ4n) is 1.19. The van der Waals surface area contributed by atoms with Gasteiger partial charge in [-0.1, -0.05) is 22.9 Å². The van der Waals surface area contributed by atoms with Gasteiger partial charge in [-0.15, -0.1) is 0 Å². The molecule has 15 heavy (non-hydrogen) atoms. The van der Waals surface area contributed by atoms with Crippen molar-refractivity contribution < 1.29 is 9.53 Å². The van der Waals surface area contributed by atoms with Crippen LogP contribution in [0.5, 0.6) is 5.75 Å². The fraction of sp³-hybridized carbons (Fsp3) is 0.417. The molecule has 0 saturated heterocycles. The van der Waals surface area contributed by atoms with E-state index >= 15 is 0 Å². The average Bonchev–Trinajstić information content (AvgIpc) is 2.27. The number of ether oxygens (including phenoxy) is 1. The van der Waals surface area contributed by atoms with E-state index in [1.165, 1.54) is 0 Å². The van der Waals surface area contributed by atoms with Crippen LogP contribution in [0.1, 0.15) is 30.1 Å². The largest absolute Gasteiger partial charge is 0.494 e. The Morgan fingerprint density at radius 3 is 2.53 bits per heavy atom. The van der Waals surface area contributed by atoms with Gasteiger partial charge in [-0.25, -0.2) is 0 Å². The molecule has 1 aromatic rings. The normalized spacial score (nSPS) is 10.0. The number of carbonyl (C=O) groups excluding carboxylic acids is 1. The minimum Gasteiger partial charge on any atom is -0.494 e. The van der Waals surface area contributed by atoms with E-state index in [-0.39, 0.29) is 5.78 Å². The Hall–Kier alpha value is -0.830. The highest BCUT2D eigenvalue weighted by molar-refractivity contribution is 9.09. The van der Waals surface area contributed by atoms with Gasteiger partial charge in [-0.05, 0) is 30.7 Å². The molecule has 0 atom stereocenters. The molecule has 0 aliphatic heterocycles. The highest BCUT2D eigenvalue weighted by atomic mass is 79.9. The second-order valence-corrected chi connectivity index (χ2v) is 4.03. The minimum absolute atomic E-state index is 0.161. The molecule has 0 fully saturated rings. The molecule has 0 heterocycles. The molecule has 0 N–H and O–H groups in total. The van der Waals surface area contributed by atoms with Crippen LogP contribution in [-0.4, -0.2) is 17.7 Å². The summed E-state index contributed by atoms with van der Waals surface area (Å²) >= 11 is 3.25. The monoisotopic (exact) mass is 270 g/mol. The number of halogens is 1. The first kappa shape index (κ1) is 12.2. The molecule has 2 nitrogen and oxygen atoms in total. The van der Waals surface area contributed by atoms with Crippen LogP contribution in [0.25, 0.3) is 0 Å². The van der Waals surface area contributed by atoms with Gasteiger partial charge in [0.05, 0.1) is 6.61 Å². The molecule has 0 bridgehead atoms. The number of hydrogen-bond acceptors (Lipinski definition) is 2. The number of alkyl halides is 1. The smallest absolute Gasteiger partial charge is 0.163 e. The predicted octanol–water partition coefficient (Wildman–Crippen LogP) is 3.44. The summed E-state index contributed by atoms with van der Waals surface area (Å²) in [7, 11) is 0. The van der Waals surface area contributed by atoms with Crippen LogP contribution in [0, 0.1) is 0 Å². The summed E-state index contributed by atoms with van der Waals surface area (Å²) in [5.74, 6) is 0.987. The Morgan fingerprint density at radius 1 is 1.33 bits per heavy atom. The van der Waals surface area contributed by atoms with Crippen molar-refractivity contribution in [3.05, 3.63) is 29.8 Å².